The second kappa shape index (κ2) is 12.1. The molecule has 0 fully saturated rings. The van der Waals surface area contributed by atoms with E-state index in [-0.39, 0.29) is 17.0 Å². The standard InChI is InChI=1S/C13H19ClIN3O3SSi.C7H5ClIN3O2S/c1-22(19,20)13-16-10-7-9(14)11(15)17-12(10)18(13)8-21-5-6-23(2,3)4;1-15(13,14)7-10-4-2-3(8)5(9)11-6(4)12-7/h7H,5-6,8H2,1-4H3;2H,1H3,(H,10,11,12). The van der Waals surface area contributed by atoms with Crippen molar-refractivity contribution in [2.24, 2.45) is 0 Å². The molecule has 0 aliphatic carbocycles. The number of imidazole rings is 2. The first-order valence-corrected chi connectivity index (χ1v) is 21.2. The van der Waals surface area contributed by atoms with Crippen LogP contribution < -0.4 is 0 Å². The van der Waals surface area contributed by atoms with E-state index in [1.54, 1.807) is 12.1 Å². The van der Waals surface area contributed by atoms with Crippen LogP contribution >= 0.6 is 68.4 Å². The van der Waals surface area contributed by atoms with E-state index in [0.29, 0.717) is 46.4 Å². The van der Waals surface area contributed by atoms with Gasteiger partial charge in [0.25, 0.3) is 0 Å². The number of rotatable bonds is 7. The molecule has 1 N–H and O–H groups in total. The lowest BCUT2D eigenvalue weighted by atomic mass is 10.4. The number of sulfone groups is 2. The molecular formula is C20H24Cl2I2N6O5S2Si. The SMILES string of the molecule is CS(=O)(=O)c1nc2nc(I)c(Cl)cc2[nH]1.C[Si](C)(C)CCOCn1c(S(C)(=O)=O)nc2cc(Cl)c(I)nc21. The Hall–Kier alpha value is -0.643. The number of ether oxygens (including phenoxy) is 1. The first kappa shape index (κ1) is 31.9. The minimum atomic E-state index is -3.49. The normalized spacial score (nSPS) is 12.7. The quantitative estimate of drug-likeness (QED) is 0.117. The van der Waals surface area contributed by atoms with Crippen molar-refractivity contribution in [1.82, 2.24) is 29.5 Å². The smallest absolute Gasteiger partial charge is 0.231 e. The molecule has 0 spiro atoms. The molecule has 4 aromatic heterocycles. The molecule has 0 aliphatic heterocycles. The molecule has 11 nitrogen and oxygen atoms in total. The summed E-state index contributed by atoms with van der Waals surface area (Å²) in [7, 11) is -8.04. The molecule has 0 aliphatic rings. The maximum Gasteiger partial charge on any atom is 0.231 e. The number of hydrogen-bond acceptors (Lipinski definition) is 9. The van der Waals surface area contributed by atoms with Crippen molar-refractivity contribution in [2.45, 2.75) is 42.7 Å². The molecule has 18 heteroatoms. The maximum atomic E-state index is 12.0. The molecule has 0 saturated heterocycles. The van der Waals surface area contributed by atoms with Gasteiger partial charge in [0.2, 0.25) is 30.0 Å². The van der Waals surface area contributed by atoms with E-state index >= 15 is 0 Å². The van der Waals surface area contributed by atoms with Gasteiger partial charge in [0.05, 0.1) is 15.6 Å². The number of fused-ring (bicyclic) bond motifs is 2. The summed E-state index contributed by atoms with van der Waals surface area (Å²) < 4.78 is 54.8. The van der Waals surface area contributed by atoms with Crippen molar-refractivity contribution in [3.8, 4) is 0 Å². The molecule has 0 amide bonds. The van der Waals surface area contributed by atoms with E-state index in [4.69, 9.17) is 27.9 Å². The first-order chi connectivity index (χ1) is 17.4. The molecule has 208 valence electrons. The molecule has 4 heterocycles. The van der Waals surface area contributed by atoms with Gasteiger partial charge in [-0.3, -0.25) is 4.57 Å². The highest BCUT2D eigenvalue weighted by Crippen LogP contribution is 2.25. The molecule has 4 aromatic rings. The highest BCUT2D eigenvalue weighted by molar-refractivity contribution is 14.1. The van der Waals surface area contributed by atoms with Crippen molar-refractivity contribution < 1.29 is 21.6 Å². The van der Waals surface area contributed by atoms with Crippen LogP contribution in [0, 0.1) is 7.40 Å². The highest BCUT2D eigenvalue weighted by atomic mass is 127. The second-order valence-corrected chi connectivity index (χ2v) is 21.8. The lowest BCUT2D eigenvalue weighted by molar-refractivity contribution is 0.0834. The number of aromatic nitrogens is 6. The van der Waals surface area contributed by atoms with Gasteiger partial charge in [0.1, 0.15) is 19.6 Å². The summed E-state index contributed by atoms with van der Waals surface area (Å²) in [6.07, 6.45) is 2.21. The molecule has 4 rings (SSSR count). The number of aromatic amines is 1. The monoisotopic (exact) mass is 844 g/mol. The van der Waals surface area contributed by atoms with Crippen molar-refractivity contribution in [1.29, 1.82) is 0 Å². The predicted octanol–water partition coefficient (Wildman–Crippen LogP) is 5.02. The predicted molar refractivity (Wildman–Crippen MR) is 167 cm³/mol. The summed E-state index contributed by atoms with van der Waals surface area (Å²) in [5, 5.41) is 0.767. The average molecular weight is 845 g/mol. The van der Waals surface area contributed by atoms with Crippen molar-refractivity contribution in [2.75, 3.05) is 19.1 Å². The maximum absolute atomic E-state index is 12.0. The zero-order valence-electron chi connectivity index (χ0n) is 20.9. The van der Waals surface area contributed by atoms with Crippen LogP contribution in [0.5, 0.6) is 0 Å². The summed E-state index contributed by atoms with van der Waals surface area (Å²) in [6, 6.07) is 4.23. The average Bonchev–Trinajstić information content (AvgIpc) is 3.33. The van der Waals surface area contributed by atoms with Crippen LogP contribution in [0.4, 0.5) is 0 Å². The number of halogens is 4. The topological polar surface area (TPSA) is 150 Å². The number of hydrogen-bond donors (Lipinski definition) is 1. The van der Waals surface area contributed by atoms with Gasteiger partial charge in [0, 0.05) is 27.2 Å². The van der Waals surface area contributed by atoms with Crippen LogP contribution in [0.2, 0.25) is 35.7 Å². The number of H-pyrrole nitrogens is 1. The summed E-state index contributed by atoms with van der Waals surface area (Å²) in [5.41, 5.74) is 1.78. The fraction of sp³-hybridized carbons (Fsp3) is 0.400. The molecule has 0 atom stereocenters. The van der Waals surface area contributed by atoms with Crippen LogP contribution in [-0.2, 0) is 31.1 Å². The van der Waals surface area contributed by atoms with Crippen LogP contribution in [0.25, 0.3) is 22.3 Å². The zero-order chi connectivity index (χ0) is 28.6. The van der Waals surface area contributed by atoms with Crippen LogP contribution in [0.3, 0.4) is 0 Å². The Labute approximate surface area is 258 Å². The Morgan fingerprint density at radius 2 is 1.55 bits per heavy atom. The molecular weight excluding hydrogens is 821 g/mol. The van der Waals surface area contributed by atoms with Crippen molar-refractivity contribution >= 4 is 118 Å². The number of nitrogens with zero attached hydrogens (tertiary/aromatic N) is 5. The molecule has 0 bridgehead atoms. The van der Waals surface area contributed by atoms with Crippen LogP contribution in [0.15, 0.2) is 22.4 Å². The summed E-state index contributed by atoms with van der Waals surface area (Å²) in [4.78, 5) is 19.1. The van der Waals surface area contributed by atoms with E-state index in [1.807, 2.05) is 45.2 Å². The summed E-state index contributed by atoms with van der Waals surface area (Å²) >= 11 is 15.9. The summed E-state index contributed by atoms with van der Waals surface area (Å²) in [6.45, 7) is 7.47. The Kier molecular flexibility index (Phi) is 10.1. The first-order valence-electron chi connectivity index (χ1n) is 10.8. The summed E-state index contributed by atoms with van der Waals surface area (Å²) in [5.74, 6) is 0. The highest BCUT2D eigenvalue weighted by Gasteiger charge is 2.22. The molecule has 0 saturated carbocycles. The van der Waals surface area contributed by atoms with Gasteiger partial charge < -0.3 is 9.72 Å². The van der Waals surface area contributed by atoms with Crippen LogP contribution in [0.1, 0.15) is 0 Å². The molecule has 0 unspecified atom stereocenters. The third-order valence-corrected chi connectivity index (χ3v) is 11.3. The van der Waals surface area contributed by atoms with E-state index in [0.717, 1.165) is 18.6 Å². The fourth-order valence-electron chi connectivity index (χ4n) is 2.97. The Morgan fingerprint density at radius 3 is 2.13 bits per heavy atom. The minimum Gasteiger partial charge on any atom is -0.361 e. The van der Waals surface area contributed by atoms with Gasteiger partial charge in [-0.25, -0.2) is 31.8 Å². The van der Waals surface area contributed by atoms with E-state index in [2.05, 4.69) is 44.6 Å². The lowest BCUT2D eigenvalue weighted by Gasteiger charge is -2.16. The van der Waals surface area contributed by atoms with Gasteiger partial charge in [-0.2, -0.15) is 4.98 Å². The van der Waals surface area contributed by atoms with E-state index < -0.39 is 27.7 Å². The third-order valence-electron chi connectivity index (χ3n) is 4.86. The molecule has 0 radical (unpaired) electrons. The largest absolute Gasteiger partial charge is 0.361 e. The zero-order valence-corrected chi connectivity index (χ0v) is 29.3. The lowest BCUT2D eigenvalue weighted by Crippen LogP contribution is -2.22. The van der Waals surface area contributed by atoms with Gasteiger partial charge in [-0.05, 0) is 63.4 Å². The van der Waals surface area contributed by atoms with Gasteiger partial charge in [-0.15, -0.1) is 0 Å². The Bertz CT molecular complexity index is 1680. The van der Waals surface area contributed by atoms with Crippen molar-refractivity contribution in [3.63, 3.8) is 0 Å². The van der Waals surface area contributed by atoms with Gasteiger partial charge in [0.15, 0.2) is 11.3 Å². The second-order valence-electron chi connectivity index (χ2n) is 9.49. The van der Waals surface area contributed by atoms with Gasteiger partial charge >= 0.3 is 0 Å². The molecule has 0 aromatic carbocycles. The van der Waals surface area contributed by atoms with E-state index in [9.17, 15) is 16.8 Å². The molecule has 38 heavy (non-hydrogen) atoms. The van der Waals surface area contributed by atoms with Gasteiger partial charge in [-0.1, -0.05) is 42.8 Å². The fourth-order valence-corrected chi connectivity index (χ4v) is 6.14. The Balaban J connectivity index is 0.000000230. The number of nitrogens with one attached hydrogen (secondary N) is 1. The van der Waals surface area contributed by atoms with Crippen molar-refractivity contribution in [3.05, 3.63) is 29.6 Å². The number of pyridine rings is 2. The third kappa shape index (κ3) is 8.20. The minimum absolute atomic E-state index is 0.0499. The van der Waals surface area contributed by atoms with Crippen LogP contribution in [-0.4, -0.2) is 73.5 Å². The van der Waals surface area contributed by atoms with E-state index in [1.165, 1.54) is 4.57 Å². The Morgan fingerprint density at radius 1 is 0.947 bits per heavy atom.